The van der Waals surface area contributed by atoms with Gasteiger partial charge in [-0.25, -0.2) is 10.4 Å². The van der Waals surface area contributed by atoms with Crippen LogP contribution in [0.25, 0.3) is 11.3 Å². The van der Waals surface area contributed by atoms with Gasteiger partial charge in [0.2, 0.25) is 5.95 Å². The topological polar surface area (TPSA) is 123 Å². The Morgan fingerprint density at radius 2 is 2.14 bits per heavy atom. The van der Waals surface area contributed by atoms with Crippen LogP contribution >= 0.6 is 27.5 Å². The van der Waals surface area contributed by atoms with E-state index >= 15 is 0 Å². The van der Waals surface area contributed by atoms with Crippen molar-refractivity contribution in [1.29, 1.82) is 5.26 Å². The molecule has 1 heterocycles. The highest BCUT2D eigenvalue weighted by Gasteiger charge is 2.15. The maximum absolute atomic E-state index is 12.2. The Morgan fingerprint density at radius 1 is 1.41 bits per heavy atom. The number of ether oxygens (including phenoxy) is 1. The molecule has 0 saturated heterocycles. The molecule has 3 N–H and O–H groups in total. The van der Waals surface area contributed by atoms with Gasteiger partial charge in [0.1, 0.15) is 16.7 Å². The third kappa shape index (κ3) is 4.23. The lowest BCUT2D eigenvalue weighted by atomic mass is 10.1. The number of hydrogen-bond donors (Lipinski definition) is 3. The average molecular weight is 475 g/mol. The number of hydrazone groups is 1. The van der Waals surface area contributed by atoms with Crippen molar-refractivity contribution in [2.45, 2.75) is 0 Å². The summed E-state index contributed by atoms with van der Waals surface area (Å²) in [6.07, 6.45) is 1.40. The van der Waals surface area contributed by atoms with E-state index in [1.54, 1.807) is 24.3 Å². The van der Waals surface area contributed by atoms with E-state index in [1.807, 2.05) is 12.1 Å². The van der Waals surface area contributed by atoms with Gasteiger partial charge in [-0.3, -0.25) is 9.78 Å². The molecular weight excluding hydrogens is 462 g/mol. The van der Waals surface area contributed by atoms with E-state index in [-0.39, 0.29) is 33.7 Å². The zero-order chi connectivity index (χ0) is 21.0. The van der Waals surface area contributed by atoms with Gasteiger partial charge in [0.25, 0.3) is 5.56 Å². The average Bonchev–Trinajstić information content (AvgIpc) is 2.74. The van der Waals surface area contributed by atoms with Gasteiger partial charge in [0, 0.05) is 15.6 Å². The molecule has 0 unspecified atom stereocenters. The Kier molecular flexibility index (Phi) is 6.16. The van der Waals surface area contributed by atoms with Gasteiger partial charge in [-0.1, -0.05) is 41.9 Å². The van der Waals surface area contributed by atoms with E-state index in [0.29, 0.717) is 15.6 Å². The van der Waals surface area contributed by atoms with Crippen LogP contribution in [0.5, 0.6) is 11.5 Å². The summed E-state index contributed by atoms with van der Waals surface area (Å²) in [6.45, 7) is 0. The van der Waals surface area contributed by atoms with Crippen LogP contribution in [-0.4, -0.2) is 28.4 Å². The molecule has 0 amide bonds. The van der Waals surface area contributed by atoms with E-state index in [1.165, 1.54) is 19.4 Å². The van der Waals surface area contributed by atoms with Crippen LogP contribution < -0.4 is 15.7 Å². The van der Waals surface area contributed by atoms with E-state index in [4.69, 9.17) is 16.3 Å². The standard InChI is InChI=1S/C19H13BrClN5O3/c1-29-13-7-11(14(20)15(21)17(13)27)9-23-26-19-24-16(10-5-3-2-4-6-10)12(8-22)18(28)25-19/h2-7,9,27H,1H3,(H2,24,25,26,28). The van der Waals surface area contributed by atoms with Gasteiger partial charge in [0.05, 0.1) is 19.0 Å². The summed E-state index contributed by atoms with van der Waals surface area (Å²) in [5.41, 5.74) is 3.31. The molecule has 0 bridgehead atoms. The first kappa shape index (κ1) is 20.4. The lowest BCUT2D eigenvalue weighted by Crippen LogP contribution is -2.16. The van der Waals surface area contributed by atoms with Crippen LogP contribution in [0.1, 0.15) is 11.1 Å². The minimum atomic E-state index is -0.588. The van der Waals surface area contributed by atoms with Crippen molar-refractivity contribution in [3.05, 3.63) is 67.4 Å². The van der Waals surface area contributed by atoms with E-state index < -0.39 is 5.56 Å². The fourth-order valence-corrected chi connectivity index (χ4v) is 3.07. The molecule has 29 heavy (non-hydrogen) atoms. The number of nitrogens with one attached hydrogen (secondary N) is 2. The van der Waals surface area contributed by atoms with Crippen molar-refractivity contribution < 1.29 is 9.84 Å². The SMILES string of the molecule is COc1cc(C=NNc2nc(-c3ccccc3)c(C#N)c(=O)[nH]2)c(Br)c(Cl)c1O. The second-order valence-electron chi connectivity index (χ2n) is 5.63. The van der Waals surface area contributed by atoms with Crippen molar-refractivity contribution >= 4 is 39.7 Å². The predicted molar refractivity (Wildman–Crippen MR) is 114 cm³/mol. The largest absolute Gasteiger partial charge is 0.503 e. The summed E-state index contributed by atoms with van der Waals surface area (Å²) in [4.78, 5) is 19.0. The summed E-state index contributed by atoms with van der Waals surface area (Å²) < 4.78 is 5.48. The summed E-state index contributed by atoms with van der Waals surface area (Å²) in [5, 5.41) is 23.3. The summed E-state index contributed by atoms with van der Waals surface area (Å²) in [5.74, 6) is 0.0322. The zero-order valence-corrected chi connectivity index (χ0v) is 17.2. The van der Waals surface area contributed by atoms with Crippen LogP contribution in [0.4, 0.5) is 5.95 Å². The molecule has 8 nitrogen and oxygen atoms in total. The summed E-state index contributed by atoms with van der Waals surface area (Å²) >= 11 is 9.33. The molecule has 3 aromatic rings. The molecule has 1 aromatic heterocycles. The molecule has 0 spiro atoms. The number of aromatic nitrogens is 2. The number of hydrogen-bond acceptors (Lipinski definition) is 7. The highest BCUT2D eigenvalue weighted by molar-refractivity contribution is 9.10. The number of rotatable bonds is 5. The second kappa shape index (κ2) is 8.77. The number of methoxy groups -OCH3 is 1. The Hall–Kier alpha value is -3.35. The van der Waals surface area contributed by atoms with Gasteiger partial charge >= 0.3 is 0 Å². The Balaban J connectivity index is 1.95. The van der Waals surface area contributed by atoms with Crippen LogP contribution in [0.2, 0.25) is 5.02 Å². The fraction of sp³-hybridized carbons (Fsp3) is 0.0526. The second-order valence-corrected chi connectivity index (χ2v) is 6.80. The van der Waals surface area contributed by atoms with Gasteiger partial charge in [0.15, 0.2) is 11.5 Å². The smallest absolute Gasteiger partial charge is 0.270 e. The third-order valence-electron chi connectivity index (χ3n) is 3.85. The highest BCUT2D eigenvalue weighted by Crippen LogP contribution is 2.40. The Labute approximate surface area is 178 Å². The molecule has 146 valence electrons. The molecule has 0 radical (unpaired) electrons. The third-order valence-corrected chi connectivity index (χ3v) is 5.30. The number of aromatic amines is 1. The fourth-order valence-electron chi connectivity index (χ4n) is 2.46. The number of anilines is 1. The van der Waals surface area contributed by atoms with Crippen LogP contribution in [0.3, 0.4) is 0 Å². The molecule has 0 fully saturated rings. The summed E-state index contributed by atoms with van der Waals surface area (Å²) in [7, 11) is 1.40. The molecule has 0 aliphatic carbocycles. The van der Waals surface area contributed by atoms with Crippen molar-refractivity contribution in [3.63, 3.8) is 0 Å². The lowest BCUT2D eigenvalue weighted by Gasteiger charge is -2.09. The summed E-state index contributed by atoms with van der Waals surface area (Å²) in [6, 6.07) is 12.3. The van der Waals surface area contributed by atoms with Gasteiger partial charge in [-0.05, 0) is 22.0 Å². The first-order valence-corrected chi connectivity index (χ1v) is 9.27. The minimum Gasteiger partial charge on any atom is -0.503 e. The monoisotopic (exact) mass is 473 g/mol. The Morgan fingerprint density at radius 3 is 2.79 bits per heavy atom. The quantitative estimate of drug-likeness (QED) is 0.381. The molecule has 2 aromatic carbocycles. The van der Waals surface area contributed by atoms with Crippen molar-refractivity contribution in [1.82, 2.24) is 9.97 Å². The lowest BCUT2D eigenvalue weighted by molar-refractivity contribution is 0.373. The number of H-pyrrole nitrogens is 1. The van der Waals surface area contributed by atoms with Gasteiger partial charge in [-0.15, -0.1) is 0 Å². The number of phenols is 1. The molecule has 10 heteroatoms. The van der Waals surface area contributed by atoms with Crippen molar-refractivity contribution in [2.75, 3.05) is 12.5 Å². The number of phenolic OH excluding ortho intramolecular Hbond substituents is 1. The molecule has 0 aliphatic heterocycles. The maximum Gasteiger partial charge on any atom is 0.270 e. The normalized spacial score (nSPS) is 10.7. The first-order chi connectivity index (χ1) is 14.0. The minimum absolute atomic E-state index is 0.0528. The highest BCUT2D eigenvalue weighted by atomic mass is 79.9. The van der Waals surface area contributed by atoms with Crippen molar-refractivity contribution in [2.24, 2.45) is 5.10 Å². The van der Waals surface area contributed by atoms with Crippen LogP contribution in [-0.2, 0) is 0 Å². The number of nitriles is 1. The number of halogens is 2. The molecule has 3 rings (SSSR count). The van der Waals surface area contributed by atoms with E-state index in [0.717, 1.165) is 0 Å². The molecule has 0 aliphatic rings. The van der Waals surface area contributed by atoms with Crippen LogP contribution in [0.15, 0.2) is 50.8 Å². The molecule has 0 saturated carbocycles. The van der Waals surface area contributed by atoms with Crippen LogP contribution in [0, 0.1) is 11.3 Å². The molecular formula is C19H13BrClN5O3. The van der Waals surface area contributed by atoms with E-state index in [2.05, 4.69) is 36.4 Å². The number of nitrogens with zero attached hydrogens (tertiary/aromatic N) is 3. The zero-order valence-electron chi connectivity index (χ0n) is 14.9. The van der Waals surface area contributed by atoms with Crippen molar-refractivity contribution in [3.8, 4) is 28.8 Å². The Bertz CT molecular complexity index is 1190. The number of benzene rings is 2. The van der Waals surface area contributed by atoms with Gasteiger partial charge in [-0.2, -0.15) is 10.4 Å². The maximum atomic E-state index is 12.2. The first-order valence-electron chi connectivity index (χ1n) is 8.10. The molecule has 0 atom stereocenters. The number of aromatic hydroxyl groups is 1. The van der Waals surface area contributed by atoms with Gasteiger partial charge < -0.3 is 9.84 Å². The predicted octanol–water partition coefficient (Wildman–Crippen LogP) is 3.88. The van der Waals surface area contributed by atoms with E-state index in [9.17, 15) is 15.2 Å².